The summed E-state index contributed by atoms with van der Waals surface area (Å²) in [6, 6.07) is 11.8. The molecule has 0 aliphatic heterocycles. The third kappa shape index (κ3) is 5.84. The zero-order chi connectivity index (χ0) is 23.2. The zero-order valence-electron chi connectivity index (χ0n) is 18.4. The third-order valence-corrected chi connectivity index (χ3v) is 6.12. The molecule has 0 amide bonds. The Hall–Kier alpha value is -3.52. The molecule has 0 saturated heterocycles. The van der Waals surface area contributed by atoms with E-state index in [9.17, 15) is 9.18 Å². The molecule has 1 unspecified atom stereocenters. The highest BCUT2D eigenvalue weighted by molar-refractivity contribution is 7.09. The topological polar surface area (TPSA) is 77.1 Å². The van der Waals surface area contributed by atoms with Crippen LogP contribution in [0.25, 0.3) is 0 Å². The smallest absolute Gasteiger partial charge is 0.338 e. The van der Waals surface area contributed by atoms with Gasteiger partial charge in [0.05, 0.1) is 12.7 Å². The molecule has 0 spiro atoms. The lowest BCUT2D eigenvalue weighted by Crippen LogP contribution is -2.13. The van der Waals surface area contributed by atoms with Crippen molar-refractivity contribution in [3.05, 3.63) is 99.3 Å². The van der Waals surface area contributed by atoms with Gasteiger partial charge in [0.25, 0.3) is 0 Å². The second-order valence-electron chi connectivity index (χ2n) is 7.61. The molecule has 0 aliphatic carbocycles. The number of methoxy groups -OCH3 is 1. The standard InChI is InChI=1S/C25H24FN3O3S/c1-16-28-15-20(29-16)13-23(24-27-11-12-33-24)32-21-10-7-18(22(14-21)25(30)31-2)6-3-17-4-8-19(26)9-5-17/h4-5,7-12,14-15,23H,3,6,13H2,1-2H3,(H,28,29). The number of ether oxygens (including phenoxy) is 2. The Balaban J connectivity index is 1.55. The molecule has 0 bridgehead atoms. The molecule has 4 rings (SSSR count). The fourth-order valence-corrected chi connectivity index (χ4v) is 4.26. The van der Waals surface area contributed by atoms with Crippen molar-refractivity contribution in [3.8, 4) is 5.75 Å². The van der Waals surface area contributed by atoms with E-state index in [1.54, 1.807) is 30.6 Å². The summed E-state index contributed by atoms with van der Waals surface area (Å²) >= 11 is 1.51. The number of carbonyl (C=O) groups is 1. The number of imidazole rings is 1. The number of benzene rings is 2. The second kappa shape index (κ2) is 10.4. The first kappa shape index (κ1) is 22.7. The molecule has 1 N–H and O–H groups in total. The fraction of sp³-hybridized carbons (Fsp3) is 0.240. The van der Waals surface area contributed by atoms with Crippen LogP contribution in [-0.2, 0) is 24.0 Å². The Morgan fingerprint density at radius 2 is 1.97 bits per heavy atom. The lowest BCUT2D eigenvalue weighted by Gasteiger charge is -2.18. The van der Waals surface area contributed by atoms with E-state index in [4.69, 9.17) is 9.47 Å². The van der Waals surface area contributed by atoms with Gasteiger partial charge in [-0.3, -0.25) is 0 Å². The summed E-state index contributed by atoms with van der Waals surface area (Å²) in [6.45, 7) is 1.90. The summed E-state index contributed by atoms with van der Waals surface area (Å²) in [7, 11) is 1.36. The SMILES string of the molecule is COC(=O)c1cc(OC(Cc2cnc(C)[nH]2)c2nccs2)ccc1CCc1ccc(F)cc1. The molecule has 0 saturated carbocycles. The maximum Gasteiger partial charge on any atom is 0.338 e. The molecule has 170 valence electrons. The second-order valence-corrected chi connectivity index (χ2v) is 8.54. The van der Waals surface area contributed by atoms with Crippen molar-refractivity contribution < 1.29 is 18.7 Å². The monoisotopic (exact) mass is 465 g/mol. The normalized spacial score (nSPS) is 11.8. The zero-order valence-corrected chi connectivity index (χ0v) is 19.2. The predicted molar refractivity (Wildman–Crippen MR) is 124 cm³/mol. The molecule has 33 heavy (non-hydrogen) atoms. The van der Waals surface area contributed by atoms with E-state index in [-0.39, 0.29) is 11.9 Å². The van der Waals surface area contributed by atoms with Crippen LogP contribution in [0.1, 0.15) is 44.1 Å². The lowest BCUT2D eigenvalue weighted by molar-refractivity contribution is 0.0598. The van der Waals surface area contributed by atoms with Crippen LogP contribution >= 0.6 is 11.3 Å². The van der Waals surface area contributed by atoms with Crippen molar-refractivity contribution in [2.45, 2.75) is 32.3 Å². The number of halogens is 1. The van der Waals surface area contributed by atoms with Crippen LogP contribution in [0.3, 0.4) is 0 Å². The number of hydrogen-bond acceptors (Lipinski definition) is 6. The number of carbonyl (C=O) groups excluding carboxylic acids is 1. The molecule has 0 fully saturated rings. The minimum absolute atomic E-state index is 0.268. The number of hydrogen-bond donors (Lipinski definition) is 1. The minimum atomic E-state index is -0.426. The van der Waals surface area contributed by atoms with Crippen LogP contribution in [0.2, 0.25) is 0 Å². The van der Waals surface area contributed by atoms with Crippen molar-refractivity contribution in [1.29, 1.82) is 0 Å². The molecule has 1 atom stereocenters. The molecule has 2 aromatic carbocycles. The average molecular weight is 466 g/mol. The van der Waals surface area contributed by atoms with Crippen LogP contribution in [-0.4, -0.2) is 28.0 Å². The van der Waals surface area contributed by atoms with E-state index in [0.717, 1.165) is 27.7 Å². The molecule has 2 heterocycles. The van der Waals surface area contributed by atoms with Crippen LogP contribution in [0.15, 0.2) is 60.2 Å². The van der Waals surface area contributed by atoms with Gasteiger partial charge < -0.3 is 14.5 Å². The average Bonchev–Trinajstić information content (AvgIpc) is 3.50. The van der Waals surface area contributed by atoms with Gasteiger partial charge in [-0.15, -0.1) is 11.3 Å². The summed E-state index contributed by atoms with van der Waals surface area (Å²) in [5.74, 6) is 0.693. The van der Waals surface area contributed by atoms with Gasteiger partial charge in [0.15, 0.2) is 6.10 Å². The number of aromatic amines is 1. The van der Waals surface area contributed by atoms with E-state index < -0.39 is 5.97 Å². The highest BCUT2D eigenvalue weighted by atomic mass is 32.1. The van der Waals surface area contributed by atoms with E-state index in [1.807, 2.05) is 24.4 Å². The number of rotatable bonds is 9. The number of esters is 1. The Kier molecular flexibility index (Phi) is 7.14. The predicted octanol–water partition coefficient (Wildman–Crippen LogP) is 5.25. The summed E-state index contributed by atoms with van der Waals surface area (Å²) in [4.78, 5) is 24.4. The van der Waals surface area contributed by atoms with Gasteiger partial charge in [0.2, 0.25) is 0 Å². The summed E-state index contributed by atoms with van der Waals surface area (Å²) in [5.41, 5.74) is 3.23. The number of nitrogens with zero attached hydrogens (tertiary/aromatic N) is 2. The fourth-order valence-electron chi connectivity index (χ4n) is 3.59. The van der Waals surface area contributed by atoms with Gasteiger partial charge in [-0.2, -0.15) is 0 Å². The number of H-pyrrole nitrogens is 1. The van der Waals surface area contributed by atoms with Crippen molar-refractivity contribution >= 4 is 17.3 Å². The minimum Gasteiger partial charge on any atom is -0.483 e. The van der Waals surface area contributed by atoms with Gasteiger partial charge in [-0.25, -0.2) is 19.2 Å². The van der Waals surface area contributed by atoms with Crippen LogP contribution in [0.5, 0.6) is 5.75 Å². The van der Waals surface area contributed by atoms with Crippen LogP contribution in [0, 0.1) is 12.7 Å². The number of aryl methyl sites for hydroxylation is 3. The number of thiazole rings is 1. The molecule has 8 heteroatoms. The summed E-state index contributed by atoms with van der Waals surface area (Å²) < 4.78 is 24.5. The maximum atomic E-state index is 13.2. The lowest BCUT2D eigenvalue weighted by atomic mass is 9.99. The highest BCUT2D eigenvalue weighted by Gasteiger charge is 2.20. The van der Waals surface area contributed by atoms with Crippen molar-refractivity contribution in [2.75, 3.05) is 7.11 Å². The van der Waals surface area contributed by atoms with Crippen molar-refractivity contribution in [3.63, 3.8) is 0 Å². The molecule has 4 aromatic rings. The van der Waals surface area contributed by atoms with Crippen molar-refractivity contribution in [1.82, 2.24) is 15.0 Å². The molecule has 0 aliphatic rings. The summed E-state index contributed by atoms with van der Waals surface area (Å²) in [6.07, 6.45) is 5.05. The van der Waals surface area contributed by atoms with Gasteiger partial charge in [-0.1, -0.05) is 18.2 Å². The van der Waals surface area contributed by atoms with Crippen molar-refractivity contribution in [2.24, 2.45) is 0 Å². The Bertz CT molecular complexity index is 1210. The van der Waals surface area contributed by atoms with E-state index in [0.29, 0.717) is 30.6 Å². The van der Waals surface area contributed by atoms with Crippen LogP contribution in [0.4, 0.5) is 4.39 Å². The molecular weight excluding hydrogens is 441 g/mol. The van der Waals surface area contributed by atoms with Gasteiger partial charge in [0, 0.05) is 29.9 Å². The molecule has 2 aromatic heterocycles. The Morgan fingerprint density at radius 3 is 2.64 bits per heavy atom. The Morgan fingerprint density at radius 1 is 1.15 bits per heavy atom. The maximum absolute atomic E-state index is 13.2. The Labute approximate surface area is 195 Å². The molecule has 0 radical (unpaired) electrons. The van der Waals surface area contributed by atoms with Gasteiger partial charge in [-0.05, 0) is 55.2 Å². The number of aromatic nitrogens is 3. The highest BCUT2D eigenvalue weighted by Crippen LogP contribution is 2.29. The number of nitrogens with one attached hydrogen (secondary N) is 1. The van der Waals surface area contributed by atoms with E-state index in [1.165, 1.54) is 30.6 Å². The first-order valence-corrected chi connectivity index (χ1v) is 11.4. The van der Waals surface area contributed by atoms with Crippen LogP contribution < -0.4 is 4.74 Å². The largest absolute Gasteiger partial charge is 0.483 e. The van der Waals surface area contributed by atoms with Gasteiger partial charge in [0.1, 0.15) is 22.4 Å². The van der Waals surface area contributed by atoms with Gasteiger partial charge >= 0.3 is 5.97 Å². The molecular formula is C25H24FN3O3S. The molecule has 6 nitrogen and oxygen atoms in total. The quantitative estimate of drug-likeness (QED) is 0.342. The third-order valence-electron chi connectivity index (χ3n) is 5.25. The first-order valence-electron chi connectivity index (χ1n) is 10.5. The van der Waals surface area contributed by atoms with E-state index >= 15 is 0 Å². The first-order chi connectivity index (χ1) is 16.0. The summed E-state index contributed by atoms with van der Waals surface area (Å²) in [5, 5.41) is 2.74. The van der Waals surface area contributed by atoms with E-state index in [2.05, 4.69) is 15.0 Å².